The summed E-state index contributed by atoms with van der Waals surface area (Å²) in [5.41, 5.74) is -0.981. The van der Waals surface area contributed by atoms with E-state index in [9.17, 15) is 14.7 Å². The first-order valence-corrected chi connectivity index (χ1v) is 20.3. The maximum atomic E-state index is 15.4. The van der Waals surface area contributed by atoms with E-state index in [1.54, 1.807) is 29.2 Å². The highest BCUT2D eigenvalue weighted by atomic mass is 79.9. The van der Waals surface area contributed by atoms with Crippen molar-refractivity contribution in [3.05, 3.63) is 97.1 Å². The highest BCUT2D eigenvalue weighted by Gasteiger charge is 2.78. The number of carbonyl (C=O) groups excluding carboxylic acids is 4. The van der Waals surface area contributed by atoms with Crippen molar-refractivity contribution in [3.8, 4) is 0 Å². The van der Waals surface area contributed by atoms with E-state index < -0.39 is 76.6 Å². The van der Waals surface area contributed by atoms with Crippen LogP contribution in [0.2, 0.25) is 0 Å². The number of rotatable bonds is 18. The minimum absolute atomic E-state index is 0.0354. The monoisotopic (exact) mass is 835 g/mol. The second-order valence-corrected chi connectivity index (χ2v) is 18.2. The molecule has 2 bridgehead atoms. The maximum absolute atomic E-state index is 15.4. The molecule has 56 heavy (non-hydrogen) atoms. The van der Waals surface area contributed by atoms with Gasteiger partial charge in [0, 0.05) is 30.4 Å². The Morgan fingerprint density at radius 2 is 1.68 bits per heavy atom. The van der Waals surface area contributed by atoms with Gasteiger partial charge in [0.05, 0.1) is 43.2 Å². The molecule has 304 valence electrons. The molecule has 3 aliphatic rings. The fourth-order valence-corrected chi connectivity index (χ4v) is 10.4. The van der Waals surface area contributed by atoms with Crippen LogP contribution in [0, 0.1) is 17.3 Å². The van der Waals surface area contributed by atoms with E-state index in [0.717, 1.165) is 0 Å². The smallest absolute Gasteiger partial charge is 0.313 e. The molecule has 2 N–H and O–H groups in total. The van der Waals surface area contributed by atoms with Gasteiger partial charge in [-0.2, -0.15) is 0 Å². The van der Waals surface area contributed by atoms with Crippen LogP contribution in [-0.4, -0.2) is 99.6 Å². The quantitative estimate of drug-likeness (QED) is 0.105. The number of nitrogens with one attached hydrogen (secondary N) is 1. The Bertz CT molecular complexity index is 1730. The number of alkyl halides is 1. The van der Waals surface area contributed by atoms with Gasteiger partial charge in [-0.05, 0) is 49.7 Å². The van der Waals surface area contributed by atoms with Crippen LogP contribution in [-0.2, 0) is 33.4 Å². The van der Waals surface area contributed by atoms with Crippen molar-refractivity contribution in [3.63, 3.8) is 0 Å². The molecular weight excluding hydrogens is 778 g/mol. The molecule has 12 heteroatoms. The van der Waals surface area contributed by atoms with Gasteiger partial charge in [-0.3, -0.25) is 19.2 Å². The van der Waals surface area contributed by atoms with E-state index >= 15 is 9.59 Å². The molecule has 3 amide bonds. The van der Waals surface area contributed by atoms with E-state index in [4.69, 9.17) is 14.2 Å². The van der Waals surface area contributed by atoms with Crippen LogP contribution in [0.1, 0.15) is 83.6 Å². The molecule has 2 aromatic carbocycles. The van der Waals surface area contributed by atoms with Crippen LogP contribution in [0.15, 0.2) is 86.0 Å². The number of carbonyl (C=O) groups is 4. The van der Waals surface area contributed by atoms with Crippen LogP contribution in [0.5, 0.6) is 0 Å². The number of ether oxygens (including phenoxy) is 3. The zero-order valence-electron chi connectivity index (χ0n) is 33.5. The second kappa shape index (κ2) is 17.7. The number of aliphatic hydroxyl groups excluding tert-OH is 1. The van der Waals surface area contributed by atoms with Crippen LogP contribution < -0.4 is 5.32 Å². The Labute approximate surface area is 339 Å². The average molecular weight is 837 g/mol. The molecule has 9 atom stereocenters. The number of benzene rings is 2. The summed E-state index contributed by atoms with van der Waals surface area (Å²) >= 11 is 3.78. The predicted molar refractivity (Wildman–Crippen MR) is 217 cm³/mol. The molecule has 3 fully saturated rings. The Morgan fingerprint density at radius 1 is 1.05 bits per heavy atom. The number of esters is 1. The Morgan fingerprint density at radius 3 is 2.23 bits per heavy atom. The van der Waals surface area contributed by atoms with E-state index in [-0.39, 0.29) is 43.2 Å². The third-order valence-electron chi connectivity index (χ3n) is 11.2. The molecule has 0 radical (unpaired) electrons. The number of hydrogen-bond donors (Lipinski definition) is 2. The predicted octanol–water partition coefficient (Wildman–Crippen LogP) is 6.08. The Balaban J connectivity index is 1.61. The number of methoxy groups -OCH3 is 1. The van der Waals surface area contributed by atoms with Gasteiger partial charge in [-0.1, -0.05) is 110 Å². The Hall–Kier alpha value is -3.84. The largest absolute Gasteiger partial charge is 0.455 e. The molecule has 0 aliphatic carbocycles. The highest BCUT2D eigenvalue weighted by Crippen LogP contribution is 2.62. The number of fused-ring (bicyclic) bond motifs is 1. The van der Waals surface area contributed by atoms with Gasteiger partial charge in [0.15, 0.2) is 0 Å². The van der Waals surface area contributed by atoms with Crippen molar-refractivity contribution in [1.29, 1.82) is 0 Å². The van der Waals surface area contributed by atoms with Gasteiger partial charge in [0.25, 0.3) is 0 Å². The molecule has 3 heterocycles. The summed E-state index contributed by atoms with van der Waals surface area (Å²) in [5.74, 6) is -3.98. The zero-order valence-corrected chi connectivity index (χ0v) is 35.1. The lowest BCUT2D eigenvalue weighted by Crippen LogP contribution is -2.61. The molecule has 3 aliphatic heterocycles. The van der Waals surface area contributed by atoms with E-state index in [0.29, 0.717) is 24.0 Å². The summed E-state index contributed by atoms with van der Waals surface area (Å²) in [4.78, 5) is 61.3. The first kappa shape index (κ1) is 43.3. The van der Waals surface area contributed by atoms with Crippen molar-refractivity contribution >= 4 is 39.6 Å². The van der Waals surface area contributed by atoms with Crippen molar-refractivity contribution in [1.82, 2.24) is 15.1 Å². The summed E-state index contributed by atoms with van der Waals surface area (Å²) in [6, 6.07) is 15.3. The first-order valence-electron chi connectivity index (χ1n) is 19.4. The average Bonchev–Trinajstić information content (AvgIpc) is 3.75. The van der Waals surface area contributed by atoms with E-state index in [1.165, 1.54) is 12.0 Å². The fraction of sp³-hybridized carbons (Fsp3) is 0.545. The van der Waals surface area contributed by atoms with Crippen LogP contribution in [0.3, 0.4) is 0 Å². The maximum Gasteiger partial charge on any atom is 0.313 e. The van der Waals surface area contributed by atoms with Crippen molar-refractivity contribution in [2.24, 2.45) is 17.3 Å². The molecule has 0 aromatic heterocycles. The van der Waals surface area contributed by atoms with Gasteiger partial charge in [-0.25, -0.2) is 0 Å². The van der Waals surface area contributed by atoms with Crippen LogP contribution >= 0.6 is 15.9 Å². The summed E-state index contributed by atoms with van der Waals surface area (Å²) in [6.45, 7) is 17.8. The van der Waals surface area contributed by atoms with Crippen LogP contribution in [0.25, 0.3) is 0 Å². The van der Waals surface area contributed by atoms with Gasteiger partial charge in [0.2, 0.25) is 17.7 Å². The number of amides is 3. The van der Waals surface area contributed by atoms with Crippen molar-refractivity contribution in [2.75, 3.05) is 26.9 Å². The SMILES string of the molecule is C=CCCC(=O)N[C@@H](COC)[C@@H](OC(=O)[C@@H]1[C@H]2O[C@@]3(CC2Br)[C@H](C(=O)N(CC=C)C(C)(C)CC(C)(C)C)N([C@H](CO)c2ccccc2)C(=O)[C@@H]13)c1ccccc1. The van der Waals surface area contributed by atoms with Crippen molar-refractivity contribution < 1.29 is 38.5 Å². The molecule has 3 saturated heterocycles. The molecule has 2 aromatic rings. The lowest BCUT2D eigenvalue weighted by atomic mass is 9.70. The minimum atomic E-state index is -1.43. The summed E-state index contributed by atoms with van der Waals surface area (Å²) in [5, 5.41) is 14.0. The van der Waals surface area contributed by atoms with Gasteiger partial charge < -0.3 is 34.4 Å². The normalized spacial score (nSPS) is 25.9. The summed E-state index contributed by atoms with van der Waals surface area (Å²) < 4.78 is 18.8. The molecule has 0 saturated carbocycles. The number of aliphatic hydroxyl groups is 1. The number of likely N-dealkylation sites (tertiary alicyclic amines) is 1. The first-order chi connectivity index (χ1) is 26.5. The highest BCUT2D eigenvalue weighted by molar-refractivity contribution is 9.09. The van der Waals surface area contributed by atoms with Crippen LogP contribution in [0.4, 0.5) is 0 Å². The third-order valence-corrected chi connectivity index (χ3v) is 12.0. The number of nitrogens with zero attached hydrogens (tertiary/aromatic N) is 2. The van der Waals surface area contributed by atoms with Gasteiger partial charge in [-0.15, -0.1) is 13.2 Å². The molecule has 1 unspecified atom stereocenters. The van der Waals surface area contributed by atoms with Crippen molar-refractivity contribution in [2.45, 2.75) is 107 Å². The lowest BCUT2D eigenvalue weighted by molar-refractivity contribution is -0.163. The minimum Gasteiger partial charge on any atom is -0.455 e. The van der Waals surface area contributed by atoms with Gasteiger partial charge in [0.1, 0.15) is 17.7 Å². The number of halogens is 1. The molecular formula is C44H58BrN3O8. The molecule has 5 rings (SSSR count). The van der Waals surface area contributed by atoms with Gasteiger partial charge >= 0.3 is 5.97 Å². The number of allylic oxidation sites excluding steroid dienone is 1. The lowest BCUT2D eigenvalue weighted by Gasteiger charge is -2.46. The summed E-state index contributed by atoms with van der Waals surface area (Å²) in [7, 11) is 1.50. The zero-order chi connectivity index (χ0) is 41.0. The fourth-order valence-electron chi connectivity index (χ4n) is 9.41. The standard InChI is InChI=1S/C44H58BrN3O8/c1-9-11-22-33(50)46-31(26-54-8)36(29-20-16-13-17-21-29)55-41(53)34-35-39(51)48(32(25-49)28-18-14-12-15-19-28)38(44(35)24-30(45)37(34)56-44)40(52)47(23-10-2)43(6,7)27-42(3,4)5/h9-10,12-21,30-32,34-38,49H,1-2,11,22-27H2,3-8H3,(H,46,50)/t30?,31-,32+,34-,35+,36-,37-,38-,44+/m0/s1. The molecule has 1 spiro atoms. The number of hydrogen-bond acceptors (Lipinski definition) is 8. The third kappa shape index (κ3) is 8.68. The van der Waals surface area contributed by atoms with E-state index in [1.807, 2.05) is 62.4 Å². The summed E-state index contributed by atoms with van der Waals surface area (Å²) in [6.07, 6.45) is 3.12. The Kier molecular flexibility index (Phi) is 13.7. The topological polar surface area (TPSA) is 135 Å². The second-order valence-electron chi connectivity index (χ2n) is 17.0. The molecule has 11 nitrogen and oxygen atoms in total. The van der Waals surface area contributed by atoms with E-state index in [2.05, 4.69) is 55.2 Å².